The molecule has 1 heterocycles. The lowest BCUT2D eigenvalue weighted by Crippen LogP contribution is -2.44. The van der Waals surface area contributed by atoms with Crippen molar-refractivity contribution in [3.63, 3.8) is 0 Å². The van der Waals surface area contributed by atoms with Gasteiger partial charge in [-0.25, -0.2) is 0 Å². The van der Waals surface area contributed by atoms with Crippen molar-refractivity contribution < 1.29 is 14.5 Å². The smallest absolute Gasteiger partial charge is 0.269 e. The van der Waals surface area contributed by atoms with Gasteiger partial charge in [-0.15, -0.1) is 0 Å². The fourth-order valence-corrected chi connectivity index (χ4v) is 4.49. The van der Waals surface area contributed by atoms with Crippen LogP contribution < -0.4 is 5.32 Å². The topological polar surface area (TPSA) is 92.5 Å². The van der Waals surface area contributed by atoms with E-state index < -0.39 is 16.9 Å². The molecule has 1 fully saturated rings. The van der Waals surface area contributed by atoms with Crippen LogP contribution in [0, 0.1) is 10.1 Å². The molecule has 32 heavy (non-hydrogen) atoms. The van der Waals surface area contributed by atoms with Crippen LogP contribution in [-0.4, -0.2) is 32.0 Å². The van der Waals surface area contributed by atoms with E-state index in [0.29, 0.717) is 14.9 Å². The van der Waals surface area contributed by atoms with Crippen molar-refractivity contribution in [2.75, 3.05) is 5.32 Å². The number of non-ortho nitro benzene ring substituents is 1. The number of nitrogens with one attached hydrogen (secondary N) is 1. The molecule has 2 amide bonds. The Labute approximate surface area is 196 Å². The number of rotatable bonds is 5. The molecule has 0 radical (unpaired) electrons. The van der Waals surface area contributed by atoms with E-state index in [0.717, 1.165) is 17.3 Å². The van der Waals surface area contributed by atoms with E-state index in [9.17, 15) is 19.7 Å². The second-order valence-corrected chi connectivity index (χ2v) is 10.1. The van der Waals surface area contributed by atoms with Crippen molar-refractivity contribution in [1.82, 2.24) is 4.90 Å². The van der Waals surface area contributed by atoms with Gasteiger partial charge < -0.3 is 5.32 Å². The lowest BCUT2D eigenvalue weighted by molar-refractivity contribution is -0.384. The van der Waals surface area contributed by atoms with Crippen molar-refractivity contribution in [2.45, 2.75) is 39.2 Å². The van der Waals surface area contributed by atoms with Crippen LogP contribution in [-0.2, 0) is 15.0 Å². The molecule has 9 heteroatoms. The van der Waals surface area contributed by atoms with E-state index in [1.807, 2.05) is 24.3 Å². The van der Waals surface area contributed by atoms with Gasteiger partial charge in [0.1, 0.15) is 10.4 Å². The number of thioether (sulfide) groups is 1. The third-order valence-electron chi connectivity index (χ3n) is 5.01. The first-order valence-corrected chi connectivity index (χ1v) is 11.1. The molecule has 0 spiro atoms. The van der Waals surface area contributed by atoms with E-state index in [1.165, 1.54) is 34.7 Å². The normalized spacial score (nSPS) is 16.4. The predicted octanol–water partition coefficient (Wildman–Crippen LogP) is 5.12. The Morgan fingerprint density at radius 2 is 1.75 bits per heavy atom. The minimum atomic E-state index is -0.841. The lowest BCUT2D eigenvalue weighted by atomic mass is 9.87. The van der Waals surface area contributed by atoms with E-state index in [4.69, 9.17) is 12.2 Å². The first kappa shape index (κ1) is 23.6. The molecule has 1 unspecified atom stereocenters. The number of thiocarbonyl (C=S) groups is 1. The van der Waals surface area contributed by atoms with Crippen LogP contribution in [0.15, 0.2) is 53.4 Å². The van der Waals surface area contributed by atoms with Crippen LogP contribution in [0.25, 0.3) is 6.08 Å². The van der Waals surface area contributed by atoms with Gasteiger partial charge in [-0.3, -0.25) is 24.6 Å². The molecule has 1 aliphatic rings. The van der Waals surface area contributed by atoms with Gasteiger partial charge in [0.05, 0.1) is 9.83 Å². The molecule has 1 aliphatic heterocycles. The largest absolute Gasteiger partial charge is 0.324 e. The van der Waals surface area contributed by atoms with Gasteiger partial charge in [0, 0.05) is 17.8 Å². The highest BCUT2D eigenvalue weighted by molar-refractivity contribution is 8.26. The highest BCUT2D eigenvalue weighted by Gasteiger charge is 2.38. The summed E-state index contributed by atoms with van der Waals surface area (Å²) < 4.78 is 0.305. The summed E-state index contributed by atoms with van der Waals surface area (Å²) in [5.41, 5.74) is 2.43. The summed E-state index contributed by atoms with van der Waals surface area (Å²) in [6.07, 6.45) is 1.77. The molecule has 3 rings (SSSR count). The zero-order valence-corrected chi connectivity index (χ0v) is 19.8. The van der Waals surface area contributed by atoms with Crippen LogP contribution in [0.5, 0.6) is 0 Å². The number of hydrogen-bond donors (Lipinski definition) is 1. The fraction of sp³-hybridized carbons (Fsp3) is 0.261. The number of amides is 2. The molecule has 1 atom stereocenters. The molecular weight excluding hydrogens is 446 g/mol. The maximum Gasteiger partial charge on any atom is 0.269 e. The monoisotopic (exact) mass is 469 g/mol. The highest BCUT2D eigenvalue weighted by Crippen LogP contribution is 2.34. The molecule has 7 nitrogen and oxygen atoms in total. The molecule has 0 aromatic heterocycles. The molecule has 0 bridgehead atoms. The van der Waals surface area contributed by atoms with E-state index in [-0.39, 0.29) is 17.0 Å². The fourth-order valence-electron chi connectivity index (χ4n) is 3.07. The van der Waals surface area contributed by atoms with Crippen molar-refractivity contribution in [1.29, 1.82) is 0 Å². The Bertz CT molecular complexity index is 1100. The van der Waals surface area contributed by atoms with Gasteiger partial charge >= 0.3 is 0 Å². The van der Waals surface area contributed by atoms with Crippen LogP contribution >= 0.6 is 24.0 Å². The summed E-state index contributed by atoms with van der Waals surface area (Å²) in [7, 11) is 0. The first-order chi connectivity index (χ1) is 15.0. The lowest BCUT2D eigenvalue weighted by Gasteiger charge is -2.22. The van der Waals surface area contributed by atoms with Crippen LogP contribution in [0.1, 0.15) is 38.8 Å². The zero-order valence-electron chi connectivity index (χ0n) is 18.1. The second-order valence-electron chi connectivity index (χ2n) is 8.39. The Balaban J connectivity index is 1.72. The van der Waals surface area contributed by atoms with Crippen molar-refractivity contribution in [3.05, 3.63) is 74.7 Å². The molecule has 2 aromatic rings. The highest BCUT2D eigenvalue weighted by atomic mass is 32.2. The van der Waals surface area contributed by atoms with Gasteiger partial charge in [-0.2, -0.15) is 0 Å². The van der Waals surface area contributed by atoms with Crippen LogP contribution in [0.4, 0.5) is 11.4 Å². The summed E-state index contributed by atoms with van der Waals surface area (Å²) in [6.45, 7) is 8.00. The Hall–Kier alpha value is -3.04. The van der Waals surface area contributed by atoms with E-state index >= 15 is 0 Å². The molecular formula is C23H23N3O4S2. The summed E-state index contributed by atoms with van der Waals surface area (Å²) in [5, 5.41) is 13.4. The van der Waals surface area contributed by atoms with Gasteiger partial charge in [-0.1, -0.05) is 69.0 Å². The van der Waals surface area contributed by atoms with Crippen molar-refractivity contribution in [3.8, 4) is 0 Å². The van der Waals surface area contributed by atoms with Gasteiger partial charge in [0.2, 0.25) is 5.91 Å². The molecule has 1 N–H and O–H groups in total. The number of carbonyl (C=O) groups excluding carboxylic acids is 2. The number of nitro benzene ring substituents is 1. The minimum Gasteiger partial charge on any atom is -0.324 e. The minimum absolute atomic E-state index is 0.0361. The second kappa shape index (κ2) is 9.22. The first-order valence-electron chi connectivity index (χ1n) is 9.90. The number of nitro groups is 1. The summed E-state index contributed by atoms with van der Waals surface area (Å²) >= 11 is 6.52. The SMILES string of the molecule is CC(C(=O)Nc1ccc([N+](=O)[O-])cc1)N1C(=O)/C(=C/c2ccc(C(C)(C)C)cc2)SC1=S. The number of anilines is 1. The molecule has 2 aromatic carbocycles. The average Bonchev–Trinajstić information content (AvgIpc) is 3.00. The van der Waals surface area contributed by atoms with Gasteiger partial charge in [0.25, 0.3) is 11.6 Å². The Morgan fingerprint density at radius 1 is 1.16 bits per heavy atom. The number of benzene rings is 2. The van der Waals surface area contributed by atoms with Gasteiger partial charge in [0.15, 0.2) is 0 Å². The maximum atomic E-state index is 13.0. The van der Waals surface area contributed by atoms with Gasteiger partial charge in [-0.05, 0) is 41.7 Å². The molecule has 1 saturated heterocycles. The quantitative estimate of drug-likeness (QED) is 0.283. The summed E-state index contributed by atoms with van der Waals surface area (Å²) in [5.74, 6) is -0.766. The Kier molecular flexibility index (Phi) is 6.80. The number of nitrogens with zero attached hydrogens (tertiary/aromatic N) is 2. The summed E-state index contributed by atoms with van der Waals surface area (Å²) in [4.78, 5) is 37.6. The Morgan fingerprint density at radius 3 is 2.28 bits per heavy atom. The standard InChI is InChI=1S/C23H23N3O4S2/c1-14(20(27)24-17-9-11-18(12-10-17)26(29)30)25-21(28)19(32-22(25)31)13-15-5-7-16(8-6-15)23(2,3)4/h5-14H,1-4H3,(H,24,27)/b19-13-. The third-order valence-corrected chi connectivity index (χ3v) is 6.34. The molecule has 166 valence electrons. The maximum absolute atomic E-state index is 13.0. The van der Waals surface area contributed by atoms with E-state index in [2.05, 4.69) is 26.1 Å². The van der Waals surface area contributed by atoms with Crippen molar-refractivity contribution in [2.24, 2.45) is 0 Å². The van der Waals surface area contributed by atoms with Crippen molar-refractivity contribution >= 4 is 57.6 Å². The van der Waals surface area contributed by atoms with E-state index in [1.54, 1.807) is 13.0 Å². The van der Waals surface area contributed by atoms with Crippen LogP contribution in [0.2, 0.25) is 0 Å². The third kappa shape index (κ3) is 5.23. The van der Waals surface area contributed by atoms with Crippen LogP contribution in [0.3, 0.4) is 0 Å². The molecule has 0 saturated carbocycles. The average molecular weight is 470 g/mol. The summed E-state index contributed by atoms with van der Waals surface area (Å²) in [6, 6.07) is 12.6. The number of hydrogen-bond acceptors (Lipinski definition) is 6. The molecule has 0 aliphatic carbocycles. The number of carbonyl (C=O) groups is 2. The zero-order chi connectivity index (χ0) is 23.6. The predicted molar refractivity (Wildman–Crippen MR) is 131 cm³/mol.